The van der Waals surface area contributed by atoms with Crippen molar-refractivity contribution in [1.82, 2.24) is 9.97 Å². The summed E-state index contributed by atoms with van der Waals surface area (Å²) in [6.07, 6.45) is -4.60. The van der Waals surface area contributed by atoms with E-state index in [0.717, 1.165) is 5.56 Å². The molecule has 100 valence electrons. The number of ether oxygens (including phenoxy) is 1. The number of aryl methyl sites for hydroxylation is 1. The molecule has 4 nitrogen and oxygen atoms in total. The van der Waals surface area contributed by atoms with Crippen LogP contribution in [0.1, 0.15) is 11.3 Å². The van der Waals surface area contributed by atoms with Crippen LogP contribution in [-0.2, 0) is 6.18 Å². The lowest BCUT2D eigenvalue weighted by Gasteiger charge is -2.09. The third-order valence-corrected chi connectivity index (χ3v) is 2.22. The molecule has 1 aromatic carbocycles. The van der Waals surface area contributed by atoms with Crippen LogP contribution in [0.15, 0.2) is 30.3 Å². The Morgan fingerprint density at radius 1 is 1.16 bits per heavy atom. The molecular weight excluding hydrogens is 259 g/mol. The number of hydrogen-bond acceptors (Lipinski definition) is 4. The second kappa shape index (κ2) is 4.75. The van der Waals surface area contributed by atoms with Gasteiger partial charge in [0.05, 0.1) is 0 Å². The van der Waals surface area contributed by atoms with E-state index in [9.17, 15) is 13.2 Å². The molecule has 0 fully saturated rings. The Bertz CT molecular complexity index is 599. The molecule has 2 N–H and O–H groups in total. The molecule has 7 heteroatoms. The molecule has 0 atom stereocenters. The van der Waals surface area contributed by atoms with Crippen LogP contribution in [0.25, 0.3) is 0 Å². The Morgan fingerprint density at radius 2 is 1.89 bits per heavy atom. The van der Waals surface area contributed by atoms with Crippen molar-refractivity contribution in [1.29, 1.82) is 0 Å². The van der Waals surface area contributed by atoms with E-state index in [0.29, 0.717) is 11.8 Å². The van der Waals surface area contributed by atoms with Crippen LogP contribution in [-0.4, -0.2) is 9.97 Å². The van der Waals surface area contributed by atoms with E-state index < -0.39 is 17.8 Å². The van der Waals surface area contributed by atoms with Gasteiger partial charge in [-0.15, -0.1) is 0 Å². The maximum Gasteiger partial charge on any atom is 0.433 e. The van der Waals surface area contributed by atoms with E-state index in [1.165, 1.54) is 0 Å². The van der Waals surface area contributed by atoms with Crippen LogP contribution in [0.3, 0.4) is 0 Å². The van der Waals surface area contributed by atoms with Crippen LogP contribution >= 0.6 is 0 Å². The fraction of sp³-hybridized carbons (Fsp3) is 0.167. The quantitative estimate of drug-likeness (QED) is 0.909. The van der Waals surface area contributed by atoms with Crippen molar-refractivity contribution in [3.05, 3.63) is 41.6 Å². The summed E-state index contributed by atoms with van der Waals surface area (Å²) >= 11 is 0. The van der Waals surface area contributed by atoms with Gasteiger partial charge in [-0.2, -0.15) is 18.2 Å². The molecule has 0 aliphatic carbocycles. The summed E-state index contributed by atoms with van der Waals surface area (Å²) in [6, 6.07) is 7.55. The summed E-state index contributed by atoms with van der Waals surface area (Å²) in [4.78, 5) is 6.74. The number of benzene rings is 1. The van der Waals surface area contributed by atoms with Crippen molar-refractivity contribution in [2.24, 2.45) is 0 Å². The first kappa shape index (κ1) is 13.1. The van der Waals surface area contributed by atoms with Crippen molar-refractivity contribution in [2.45, 2.75) is 13.1 Å². The zero-order valence-corrected chi connectivity index (χ0v) is 9.90. The standard InChI is InChI=1S/C12H10F3N3O/c1-7-3-2-4-8(5-7)19-10-6-9(12(13,14)15)17-11(16)18-10/h2-6H,1H3,(H2,16,17,18). The highest BCUT2D eigenvalue weighted by atomic mass is 19.4. The number of hydrogen-bond donors (Lipinski definition) is 1. The topological polar surface area (TPSA) is 61.0 Å². The predicted octanol–water partition coefficient (Wildman–Crippen LogP) is 3.18. The molecule has 0 saturated carbocycles. The van der Waals surface area contributed by atoms with Crippen LogP contribution < -0.4 is 10.5 Å². The van der Waals surface area contributed by atoms with Crippen molar-refractivity contribution < 1.29 is 17.9 Å². The normalized spacial score (nSPS) is 11.4. The molecule has 0 radical (unpaired) electrons. The van der Waals surface area contributed by atoms with Crippen molar-refractivity contribution in [3.8, 4) is 11.6 Å². The minimum absolute atomic E-state index is 0.245. The second-order valence-electron chi connectivity index (χ2n) is 3.87. The van der Waals surface area contributed by atoms with E-state index in [4.69, 9.17) is 10.5 Å². The Morgan fingerprint density at radius 3 is 2.53 bits per heavy atom. The lowest BCUT2D eigenvalue weighted by molar-refractivity contribution is -0.141. The highest BCUT2D eigenvalue weighted by molar-refractivity contribution is 5.34. The summed E-state index contributed by atoms with van der Waals surface area (Å²) in [7, 11) is 0. The van der Waals surface area contributed by atoms with Gasteiger partial charge in [0, 0.05) is 6.07 Å². The molecule has 1 heterocycles. The van der Waals surface area contributed by atoms with Gasteiger partial charge in [0.25, 0.3) is 0 Å². The van der Waals surface area contributed by atoms with Crippen molar-refractivity contribution >= 4 is 5.95 Å². The Balaban J connectivity index is 2.33. The summed E-state index contributed by atoms with van der Waals surface area (Å²) in [5.41, 5.74) is 5.01. The van der Waals surface area contributed by atoms with E-state index in [1.807, 2.05) is 13.0 Å². The van der Waals surface area contributed by atoms with Crippen LogP contribution in [0.5, 0.6) is 11.6 Å². The van der Waals surface area contributed by atoms with Gasteiger partial charge in [-0.05, 0) is 24.6 Å². The Kier molecular flexibility index (Phi) is 3.28. The van der Waals surface area contributed by atoms with Crippen LogP contribution in [0.4, 0.5) is 19.1 Å². The average Bonchev–Trinajstić information content (AvgIpc) is 2.26. The predicted molar refractivity (Wildman–Crippen MR) is 62.7 cm³/mol. The summed E-state index contributed by atoms with van der Waals surface area (Å²) in [5.74, 6) is -0.353. The van der Waals surface area contributed by atoms with E-state index in [1.54, 1.807) is 18.2 Å². The molecular formula is C12H10F3N3O. The van der Waals surface area contributed by atoms with Gasteiger partial charge in [-0.3, -0.25) is 0 Å². The number of halogens is 3. The largest absolute Gasteiger partial charge is 0.439 e. The molecule has 19 heavy (non-hydrogen) atoms. The SMILES string of the molecule is Cc1cccc(Oc2cc(C(F)(F)F)nc(N)n2)c1. The number of rotatable bonds is 2. The monoisotopic (exact) mass is 269 g/mol. The smallest absolute Gasteiger partial charge is 0.433 e. The van der Waals surface area contributed by atoms with Gasteiger partial charge in [0.15, 0.2) is 5.69 Å². The molecule has 2 aromatic rings. The average molecular weight is 269 g/mol. The number of nitrogen functional groups attached to an aromatic ring is 1. The molecule has 0 aliphatic heterocycles. The number of aromatic nitrogens is 2. The summed E-state index contributed by atoms with van der Waals surface area (Å²) < 4.78 is 42.9. The molecule has 1 aromatic heterocycles. The third-order valence-electron chi connectivity index (χ3n) is 2.22. The van der Waals surface area contributed by atoms with Gasteiger partial charge >= 0.3 is 6.18 Å². The molecule has 2 rings (SSSR count). The molecule has 0 saturated heterocycles. The zero-order valence-electron chi connectivity index (χ0n) is 9.90. The number of nitrogens with zero attached hydrogens (tertiary/aromatic N) is 2. The second-order valence-corrected chi connectivity index (χ2v) is 3.87. The van der Waals surface area contributed by atoms with Gasteiger partial charge in [0.1, 0.15) is 5.75 Å². The molecule has 0 spiro atoms. The fourth-order valence-electron chi connectivity index (χ4n) is 1.44. The third kappa shape index (κ3) is 3.34. The van der Waals surface area contributed by atoms with Gasteiger partial charge in [0.2, 0.25) is 11.8 Å². The van der Waals surface area contributed by atoms with Crippen molar-refractivity contribution in [3.63, 3.8) is 0 Å². The number of anilines is 1. The molecule has 0 bridgehead atoms. The minimum atomic E-state index is -4.60. The van der Waals surface area contributed by atoms with E-state index >= 15 is 0 Å². The highest BCUT2D eigenvalue weighted by Gasteiger charge is 2.33. The van der Waals surface area contributed by atoms with Gasteiger partial charge < -0.3 is 10.5 Å². The number of alkyl halides is 3. The summed E-state index contributed by atoms with van der Waals surface area (Å²) in [5, 5.41) is 0. The summed E-state index contributed by atoms with van der Waals surface area (Å²) in [6.45, 7) is 1.84. The molecule has 0 amide bonds. The van der Waals surface area contributed by atoms with Gasteiger partial charge in [-0.25, -0.2) is 4.98 Å². The fourth-order valence-corrected chi connectivity index (χ4v) is 1.44. The first-order valence-corrected chi connectivity index (χ1v) is 5.31. The van der Waals surface area contributed by atoms with E-state index in [2.05, 4.69) is 9.97 Å². The Labute approximate surface area is 107 Å². The highest BCUT2D eigenvalue weighted by Crippen LogP contribution is 2.31. The lowest BCUT2D eigenvalue weighted by atomic mass is 10.2. The number of nitrogens with two attached hydrogens (primary N) is 1. The Hall–Kier alpha value is -2.31. The minimum Gasteiger partial charge on any atom is -0.439 e. The van der Waals surface area contributed by atoms with Crippen LogP contribution in [0.2, 0.25) is 0 Å². The lowest BCUT2D eigenvalue weighted by Crippen LogP contribution is -2.11. The van der Waals surface area contributed by atoms with Crippen molar-refractivity contribution in [2.75, 3.05) is 5.73 Å². The first-order chi connectivity index (χ1) is 8.84. The van der Waals surface area contributed by atoms with E-state index in [-0.39, 0.29) is 5.88 Å². The maximum atomic E-state index is 12.5. The molecule has 0 aliphatic rings. The first-order valence-electron chi connectivity index (χ1n) is 5.31. The zero-order chi connectivity index (χ0) is 14.0. The van der Waals surface area contributed by atoms with Crippen LogP contribution in [0, 0.1) is 6.92 Å². The molecule has 0 unspecified atom stereocenters. The van der Waals surface area contributed by atoms with Gasteiger partial charge in [-0.1, -0.05) is 12.1 Å². The maximum absolute atomic E-state index is 12.5.